The fourth-order valence-corrected chi connectivity index (χ4v) is 2.50. The molecule has 0 amide bonds. The Labute approximate surface area is 111 Å². The lowest BCUT2D eigenvalue weighted by atomic mass is 9.94. The van der Waals surface area contributed by atoms with Crippen molar-refractivity contribution in [2.75, 3.05) is 20.1 Å². The van der Waals surface area contributed by atoms with Gasteiger partial charge in [0.25, 0.3) is 0 Å². The van der Waals surface area contributed by atoms with E-state index in [4.69, 9.17) is 10.2 Å². The summed E-state index contributed by atoms with van der Waals surface area (Å²) in [5.41, 5.74) is 6.91. The number of hydrogen-bond donors (Lipinski definition) is 1. The molecule has 18 heavy (non-hydrogen) atoms. The zero-order valence-corrected chi connectivity index (χ0v) is 11.9. The molecule has 3 nitrogen and oxygen atoms in total. The standard InChI is InChI=1S/C15H28N2O/c1-3-5-14(7-9-16)6-4-10-17(2)12-15-8-11-18-13-15/h8,11,13-14H,3-7,9-10,12,16H2,1-2H3. The largest absolute Gasteiger partial charge is 0.472 e. The van der Waals surface area contributed by atoms with E-state index >= 15 is 0 Å². The van der Waals surface area contributed by atoms with E-state index in [0.29, 0.717) is 0 Å². The second kappa shape index (κ2) is 9.17. The summed E-state index contributed by atoms with van der Waals surface area (Å²) in [5, 5.41) is 0. The number of nitrogens with two attached hydrogens (primary N) is 1. The molecule has 0 radical (unpaired) electrons. The Morgan fingerprint density at radius 1 is 1.33 bits per heavy atom. The molecule has 0 aliphatic rings. The summed E-state index contributed by atoms with van der Waals surface area (Å²) in [7, 11) is 2.17. The molecule has 0 bridgehead atoms. The molecule has 0 aromatic carbocycles. The number of rotatable bonds is 10. The quantitative estimate of drug-likeness (QED) is 0.695. The van der Waals surface area contributed by atoms with Crippen LogP contribution in [-0.4, -0.2) is 25.0 Å². The predicted octanol–water partition coefficient (Wildman–Crippen LogP) is 3.26. The Bertz CT molecular complexity index is 279. The Hall–Kier alpha value is -0.800. The highest BCUT2D eigenvalue weighted by molar-refractivity contribution is 5.04. The third-order valence-electron chi connectivity index (χ3n) is 3.46. The third-order valence-corrected chi connectivity index (χ3v) is 3.46. The van der Waals surface area contributed by atoms with Crippen molar-refractivity contribution in [1.29, 1.82) is 0 Å². The van der Waals surface area contributed by atoms with Gasteiger partial charge >= 0.3 is 0 Å². The van der Waals surface area contributed by atoms with Crippen molar-refractivity contribution < 1.29 is 4.42 Å². The van der Waals surface area contributed by atoms with E-state index in [-0.39, 0.29) is 0 Å². The first-order chi connectivity index (χ1) is 8.76. The molecule has 0 spiro atoms. The fraction of sp³-hybridized carbons (Fsp3) is 0.733. The average Bonchev–Trinajstić information content (AvgIpc) is 2.82. The van der Waals surface area contributed by atoms with Gasteiger partial charge in [0.05, 0.1) is 12.5 Å². The molecule has 0 saturated carbocycles. The van der Waals surface area contributed by atoms with Crippen LogP contribution >= 0.6 is 0 Å². The summed E-state index contributed by atoms with van der Waals surface area (Å²) >= 11 is 0. The number of furan rings is 1. The van der Waals surface area contributed by atoms with Gasteiger partial charge in [0.1, 0.15) is 0 Å². The van der Waals surface area contributed by atoms with Gasteiger partial charge in [0.2, 0.25) is 0 Å². The van der Waals surface area contributed by atoms with E-state index in [1.165, 1.54) is 37.7 Å². The highest BCUT2D eigenvalue weighted by Crippen LogP contribution is 2.17. The van der Waals surface area contributed by atoms with Crippen molar-refractivity contribution in [2.45, 2.75) is 45.6 Å². The van der Waals surface area contributed by atoms with Crippen molar-refractivity contribution in [3.8, 4) is 0 Å². The molecule has 0 fully saturated rings. The molecule has 0 aliphatic heterocycles. The lowest BCUT2D eigenvalue weighted by Crippen LogP contribution is -2.20. The molecular weight excluding hydrogens is 224 g/mol. The lowest BCUT2D eigenvalue weighted by molar-refractivity contribution is 0.297. The van der Waals surface area contributed by atoms with Gasteiger partial charge < -0.3 is 15.1 Å². The maximum atomic E-state index is 5.66. The van der Waals surface area contributed by atoms with Gasteiger partial charge in [-0.2, -0.15) is 0 Å². The molecule has 3 heteroatoms. The van der Waals surface area contributed by atoms with Crippen LogP contribution in [0.1, 0.15) is 44.6 Å². The van der Waals surface area contributed by atoms with Crippen LogP contribution in [0, 0.1) is 5.92 Å². The number of nitrogens with zero attached hydrogens (tertiary/aromatic N) is 1. The molecule has 1 aromatic rings. The Morgan fingerprint density at radius 3 is 2.78 bits per heavy atom. The van der Waals surface area contributed by atoms with Gasteiger partial charge in [-0.25, -0.2) is 0 Å². The van der Waals surface area contributed by atoms with Crippen LogP contribution in [0.3, 0.4) is 0 Å². The van der Waals surface area contributed by atoms with Gasteiger partial charge in [-0.1, -0.05) is 19.8 Å². The molecule has 1 atom stereocenters. The first-order valence-electron chi connectivity index (χ1n) is 7.16. The summed E-state index contributed by atoms with van der Waals surface area (Å²) in [6.45, 7) is 5.21. The van der Waals surface area contributed by atoms with Crippen molar-refractivity contribution in [3.05, 3.63) is 24.2 Å². The molecule has 0 aliphatic carbocycles. The van der Waals surface area contributed by atoms with E-state index in [1.807, 2.05) is 12.3 Å². The lowest BCUT2D eigenvalue weighted by Gasteiger charge is -2.19. The van der Waals surface area contributed by atoms with E-state index in [1.54, 1.807) is 6.26 Å². The van der Waals surface area contributed by atoms with Crippen LogP contribution in [0.15, 0.2) is 23.0 Å². The molecule has 104 valence electrons. The fourth-order valence-electron chi connectivity index (χ4n) is 2.50. The predicted molar refractivity (Wildman–Crippen MR) is 76.3 cm³/mol. The first kappa shape index (κ1) is 15.3. The number of hydrogen-bond acceptors (Lipinski definition) is 3. The first-order valence-corrected chi connectivity index (χ1v) is 7.16. The average molecular weight is 252 g/mol. The van der Waals surface area contributed by atoms with Gasteiger partial charge in [0.15, 0.2) is 0 Å². The van der Waals surface area contributed by atoms with Gasteiger partial charge in [-0.05, 0) is 51.4 Å². The summed E-state index contributed by atoms with van der Waals surface area (Å²) < 4.78 is 5.08. The van der Waals surface area contributed by atoms with Crippen molar-refractivity contribution >= 4 is 0 Å². The Morgan fingerprint density at radius 2 is 2.17 bits per heavy atom. The summed E-state index contributed by atoms with van der Waals surface area (Å²) in [6, 6.07) is 2.03. The minimum atomic E-state index is 0.822. The molecule has 1 aromatic heterocycles. The maximum Gasteiger partial charge on any atom is 0.0947 e. The van der Waals surface area contributed by atoms with Crippen LogP contribution in [-0.2, 0) is 6.54 Å². The Balaban J connectivity index is 2.15. The van der Waals surface area contributed by atoms with Crippen molar-refractivity contribution in [1.82, 2.24) is 4.90 Å². The zero-order chi connectivity index (χ0) is 13.2. The normalized spacial score (nSPS) is 13.1. The van der Waals surface area contributed by atoms with Crippen LogP contribution < -0.4 is 5.73 Å². The van der Waals surface area contributed by atoms with Gasteiger partial charge in [0, 0.05) is 12.1 Å². The highest BCUT2D eigenvalue weighted by atomic mass is 16.3. The Kier molecular flexibility index (Phi) is 7.78. The van der Waals surface area contributed by atoms with Crippen molar-refractivity contribution in [3.63, 3.8) is 0 Å². The van der Waals surface area contributed by atoms with Crippen molar-refractivity contribution in [2.24, 2.45) is 11.7 Å². The third kappa shape index (κ3) is 6.22. The van der Waals surface area contributed by atoms with Gasteiger partial charge in [-0.15, -0.1) is 0 Å². The summed E-state index contributed by atoms with van der Waals surface area (Å²) in [4.78, 5) is 2.36. The summed E-state index contributed by atoms with van der Waals surface area (Å²) in [6.07, 6.45) is 9.91. The topological polar surface area (TPSA) is 42.4 Å². The van der Waals surface area contributed by atoms with Crippen LogP contribution in [0.5, 0.6) is 0 Å². The molecule has 2 N–H and O–H groups in total. The summed E-state index contributed by atoms with van der Waals surface area (Å²) in [5.74, 6) is 0.822. The molecular formula is C15H28N2O. The van der Waals surface area contributed by atoms with Crippen LogP contribution in [0.4, 0.5) is 0 Å². The van der Waals surface area contributed by atoms with E-state index in [0.717, 1.165) is 25.6 Å². The van der Waals surface area contributed by atoms with Crippen LogP contribution in [0.25, 0.3) is 0 Å². The van der Waals surface area contributed by atoms with Gasteiger partial charge in [-0.3, -0.25) is 0 Å². The zero-order valence-electron chi connectivity index (χ0n) is 11.9. The monoisotopic (exact) mass is 252 g/mol. The maximum absolute atomic E-state index is 5.66. The smallest absolute Gasteiger partial charge is 0.0947 e. The highest BCUT2D eigenvalue weighted by Gasteiger charge is 2.08. The van der Waals surface area contributed by atoms with E-state index in [9.17, 15) is 0 Å². The molecule has 1 heterocycles. The second-order valence-electron chi connectivity index (χ2n) is 5.24. The van der Waals surface area contributed by atoms with Crippen LogP contribution in [0.2, 0.25) is 0 Å². The molecule has 1 rings (SSSR count). The van der Waals surface area contributed by atoms with E-state index in [2.05, 4.69) is 18.9 Å². The minimum Gasteiger partial charge on any atom is -0.472 e. The molecule has 0 saturated heterocycles. The minimum absolute atomic E-state index is 0.822. The van der Waals surface area contributed by atoms with E-state index < -0.39 is 0 Å². The SMILES string of the molecule is CCCC(CCN)CCCN(C)Cc1ccoc1. The second-order valence-corrected chi connectivity index (χ2v) is 5.24. The molecule has 1 unspecified atom stereocenters.